The maximum absolute atomic E-state index is 12.7. The van der Waals surface area contributed by atoms with Crippen LogP contribution in [0.1, 0.15) is 34.6 Å². The molecule has 33 heavy (non-hydrogen) atoms. The van der Waals surface area contributed by atoms with Crippen LogP contribution in [0.3, 0.4) is 0 Å². The van der Waals surface area contributed by atoms with E-state index in [-0.39, 0.29) is 23.0 Å². The summed E-state index contributed by atoms with van der Waals surface area (Å²) in [6.07, 6.45) is 6.69. The van der Waals surface area contributed by atoms with E-state index in [1.165, 1.54) is 0 Å². The molecule has 1 fully saturated rings. The Morgan fingerprint density at radius 1 is 1.18 bits per heavy atom. The molecular weight excluding hydrogens is 444 g/mol. The second-order valence-electron chi connectivity index (χ2n) is 7.67. The van der Waals surface area contributed by atoms with Gasteiger partial charge in [-0.1, -0.05) is 11.6 Å². The lowest BCUT2D eigenvalue weighted by molar-refractivity contribution is 0.0940. The molecular formula is C23H25ClN6O3. The molecule has 3 aromatic rings. The summed E-state index contributed by atoms with van der Waals surface area (Å²) in [5, 5.41) is 3.11. The summed E-state index contributed by atoms with van der Waals surface area (Å²) >= 11 is 6.35. The average molecular weight is 469 g/mol. The number of anilines is 1. The number of halogens is 1. The molecule has 1 N–H and O–H groups in total. The fraction of sp³-hybridized carbons (Fsp3) is 0.348. The Morgan fingerprint density at radius 2 is 1.94 bits per heavy atom. The van der Waals surface area contributed by atoms with Gasteiger partial charge in [0.1, 0.15) is 22.8 Å². The van der Waals surface area contributed by atoms with E-state index >= 15 is 0 Å². The largest absolute Gasteiger partial charge is 0.489 e. The maximum atomic E-state index is 12.7. The van der Waals surface area contributed by atoms with Gasteiger partial charge >= 0.3 is 0 Å². The number of nitrogens with one attached hydrogen (secondary N) is 1. The Hall–Kier alpha value is -3.46. The van der Waals surface area contributed by atoms with E-state index in [4.69, 9.17) is 21.1 Å². The normalized spacial score (nSPS) is 14.1. The first-order valence-electron chi connectivity index (χ1n) is 10.7. The number of aromatic nitrogens is 4. The van der Waals surface area contributed by atoms with Gasteiger partial charge in [-0.3, -0.25) is 9.78 Å². The molecule has 0 radical (unpaired) electrons. The van der Waals surface area contributed by atoms with E-state index in [2.05, 4.69) is 30.2 Å². The number of rotatable bonds is 7. The second kappa shape index (κ2) is 10.4. The van der Waals surface area contributed by atoms with Gasteiger partial charge in [-0.2, -0.15) is 0 Å². The highest BCUT2D eigenvalue weighted by molar-refractivity contribution is 6.30. The number of hydrogen-bond donors (Lipinski definition) is 1. The van der Waals surface area contributed by atoms with Crippen LogP contribution in [-0.4, -0.2) is 52.1 Å². The van der Waals surface area contributed by atoms with Gasteiger partial charge in [-0.05, 0) is 30.7 Å². The summed E-state index contributed by atoms with van der Waals surface area (Å²) in [4.78, 5) is 31.6. The predicted molar refractivity (Wildman–Crippen MR) is 124 cm³/mol. The minimum atomic E-state index is -0.375. The van der Waals surface area contributed by atoms with Crippen molar-refractivity contribution >= 4 is 23.3 Å². The van der Waals surface area contributed by atoms with Crippen LogP contribution in [0, 0.1) is 6.92 Å². The van der Waals surface area contributed by atoms with Crippen LogP contribution in [0.4, 0.5) is 5.82 Å². The van der Waals surface area contributed by atoms with E-state index in [0.29, 0.717) is 24.0 Å². The number of hydrogen-bond acceptors (Lipinski definition) is 8. The van der Waals surface area contributed by atoms with Gasteiger partial charge in [0.2, 0.25) is 11.7 Å². The minimum Gasteiger partial charge on any atom is -0.489 e. The molecule has 1 amide bonds. The quantitative estimate of drug-likeness (QED) is 0.527. The Morgan fingerprint density at radius 3 is 2.61 bits per heavy atom. The summed E-state index contributed by atoms with van der Waals surface area (Å²) in [7, 11) is 1.58. The molecule has 0 atom stereocenters. The monoisotopic (exact) mass is 468 g/mol. The highest BCUT2D eigenvalue weighted by Crippen LogP contribution is 2.27. The van der Waals surface area contributed by atoms with Gasteiger partial charge in [-0.15, -0.1) is 0 Å². The minimum absolute atomic E-state index is 0.0531. The molecule has 0 aliphatic carbocycles. The number of nitrogens with zero attached hydrogens (tertiary/aromatic N) is 5. The van der Waals surface area contributed by atoms with Crippen LogP contribution in [0.25, 0.3) is 0 Å². The summed E-state index contributed by atoms with van der Waals surface area (Å²) in [6, 6.07) is 7.30. The Kier molecular flexibility index (Phi) is 7.19. The lowest BCUT2D eigenvalue weighted by Crippen LogP contribution is -2.39. The van der Waals surface area contributed by atoms with Crippen molar-refractivity contribution in [3.05, 3.63) is 65.0 Å². The third-order valence-corrected chi connectivity index (χ3v) is 5.80. The first-order valence-corrected chi connectivity index (χ1v) is 11.0. The standard InChI is InChI=1S/C23H25ClN6O3/c1-15-20(24)28-21(23(31)27-13-16-5-9-25-10-6-16)29-22(15)30-11-7-17(8-12-30)33-18-3-4-19(32-2)26-14-18/h3-6,9-10,14,17H,7-8,11-13H2,1-2H3,(H,27,31). The van der Waals surface area contributed by atoms with Gasteiger partial charge in [0.25, 0.3) is 5.91 Å². The molecule has 10 heteroatoms. The molecule has 4 heterocycles. The zero-order valence-electron chi connectivity index (χ0n) is 18.5. The van der Waals surface area contributed by atoms with Crippen molar-refractivity contribution in [3.63, 3.8) is 0 Å². The topological polar surface area (TPSA) is 102 Å². The van der Waals surface area contributed by atoms with Gasteiger partial charge in [0.15, 0.2) is 0 Å². The number of ether oxygens (including phenoxy) is 2. The van der Waals surface area contributed by atoms with E-state index < -0.39 is 0 Å². The third kappa shape index (κ3) is 5.67. The smallest absolute Gasteiger partial charge is 0.289 e. The molecule has 1 aliphatic rings. The molecule has 1 saturated heterocycles. The van der Waals surface area contributed by atoms with Crippen molar-refractivity contribution in [2.75, 3.05) is 25.1 Å². The molecule has 0 unspecified atom stereocenters. The van der Waals surface area contributed by atoms with Crippen LogP contribution in [0.5, 0.6) is 11.6 Å². The zero-order chi connectivity index (χ0) is 23.2. The first-order chi connectivity index (χ1) is 16.0. The molecule has 0 bridgehead atoms. The Labute approximate surface area is 197 Å². The molecule has 4 rings (SSSR count). The summed E-state index contributed by atoms with van der Waals surface area (Å²) < 4.78 is 11.1. The zero-order valence-corrected chi connectivity index (χ0v) is 19.2. The molecule has 3 aromatic heterocycles. The highest BCUT2D eigenvalue weighted by atomic mass is 35.5. The van der Waals surface area contributed by atoms with E-state index in [9.17, 15) is 4.79 Å². The lowest BCUT2D eigenvalue weighted by Gasteiger charge is -2.33. The number of amides is 1. The van der Waals surface area contributed by atoms with Crippen LogP contribution in [0.15, 0.2) is 42.9 Å². The van der Waals surface area contributed by atoms with Crippen molar-refractivity contribution in [1.82, 2.24) is 25.3 Å². The average Bonchev–Trinajstić information content (AvgIpc) is 2.86. The SMILES string of the molecule is COc1ccc(OC2CCN(c3nc(C(=O)NCc4ccncc4)nc(Cl)c3C)CC2)cn1. The van der Waals surface area contributed by atoms with Crippen LogP contribution < -0.4 is 19.7 Å². The van der Waals surface area contributed by atoms with Crippen LogP contribution >= 0.6 is 11.6 Å². The summed E-state index contributed by atoms with van der Waals surface area (Å²) in [6.45, 7) is 3.66. The second-order valence-corrected chi connectivity index (χ2v) is 8.02. The maximum Gasteiger partial charge on any atom is 0.289 e. The fourth-order valence-corrected chi connectivity index (χ4v) is 3.75. The Balaban J connectivity index is 1.39. The van der Waals surface area contributed by atoms with Crippen LogP contribution in [0.2, 0.25) is 5.15 Å². The van der Waals surface area contributed by atoms with Gasteiger partial charge < -0.3 is 19.7 Å². The molecule has 172 valence electrons. The fourth-order valence-electron chi connectivity index (χ4n) is 3.58. The number of pyridine rings is 2. The van der Waals surface area contributed by atoms with E-state index in [1.54, 1.807) is 31.8 Å². The van der Waals surface area contributed by atoms with E-state index in [0.717, 1.165) is 37.1 Å². The number of methoxy groups -OCH3 is 1. The van der Waals surface area contributed by atoms with Crippen LogP contribution in [-0.2, 0) is 6.54 Å². The molecule has 0 spiro atoms. The molecule has 0 saturated carbocycles. The third-order valence-electron chi connectivity index (χ3n) is 5.43. The number of carbonyl (C=O) groups is 1. The van der Waals surface area contributed by atoms with Crippen molar-refractivity contribution in [3.8, 4) is 11.6 Å². The number of carbonyl (C=O) groups excluding carboxylic acids is 1. The van der Waals surface area contributed by atoms with Crippen molar-refractivity contribution in [1.29, 1.82) is 0 Å². The summed E-state index contributed by atoms with van der Waals surface area (Å²) in [5.74, 6) is 1.61. The van der Waals surface area contributed by atoms with Crippen molar-refractivity contribution in [2.24, 2.45) is 0 Å². The van der Waals surface area contributed by atoms with Gasteiger partial charge in [0, 0.05) is 56.5 Å². The van der Waals surface area contributed by atoms with E-state index in [1.807, 2.05) is 25.1 Å². The first kappa shape index (κ1) is 22.7. The van der Waals surface area contributed by atoms with Gasteiger partial charge in [0.05, 0.1) is 13.3 Å². The molecule has 1 aliphatic heterocycles. The molecule has 9 nitrogen and oxygen atoms in total. The number of piperidine rings is 1. The lowest BCUT2D eigenvalue weighted by atomic mass is 10.1. The van der Waals surface area contributed by atoms with Crippen molar-refractivity contribution in [2.45, 2.75) is 32.4 Å². The molecule has 0 aromatic carbocycles. The van der Waals surface area contributed by atoms with Gasteiger partial charge in [-0.25, -0.2) is 15.0 Å². The Bertz CT molecular complexity index is 1090. The predicted octanol–water partition coefficient (Wildman–Crippen LogP) is 3.21. The highest BCUT2D eigenvalue weighted by Gasteiger charge is 2.25. The summed E-state index contributed by atoms with van der Waals surface area (Å²) in [5.41, 5.74) is 1.69. The van der Waals surface area contributed by atoms with Crippen molar-refractivity contribution < 1.29 is 14.3 Å².